The van der Waals surface area contributed by atoms with Crippen molar-refractivity contribution < 1.29 is 32.1 Å². The molecule has 5 nitrogen and oxygen atoms in total. The molecule has 0 saturated carbocycles. The summed E-state index contributed by atoms with van der Waals surface area (Å²) in [4.78, 5) is 0. The Bertz CT molecular complexity index is 427. The van der Waals surface area contributed by atoms with Crippen molar-refractivity contribution in [1.29, 1.82) is 0 Å². The van der Waals surface area contributed by atoms with Crippen LogP contribution in [0.4, 0.5) is 13.2 Å². The van der Waals surface area contributed by atoms with Gasteiger partial charge >= 0.3 is 6.36 Å². The van der Waals surface area contributed by atoms with Gasteiger partial charge in [-0.2, -0.15) is 0 Å². The highest BCUT2D eigenvalue weighted by atomic mass is 19.4. The molecule has 0 atom stereocenters. The molecule has 0 spiro atoms. The van der Waals surface area contributed by atoms with Crippen molar-refractivity contribution in [3.05, 3.63) is 17.7 Å². The molecule has 0 saturated heterocycles. The van der Waals surface area contributed by atoms with E-state index in [0.717, 1.165) is 5.56 Å². The number of alkyl halides is 3. The number of nitrogens with two attached hydrogens (primary N) is 1. The van der Waals surface area contributed by atoms with Crippen molar-refractivity contribution in [1.82, 2.24) is 0 Å². The Kier molecular flexibility index (Phi) is 6.57. The van der Waals surface area contributed by atoms with E-state index in [9.17, 15) is 13.2 Å². The molecule has 8 heteroatoms. The fraction of sp³-hybridized carbons (Fsp3) is 0.538. The Labute approximate surface area is 120 Å². The predicted octanol–water partition coefficient (Wildman–Crippen LogP) is 2.12. The highest BCUT2D eigenvalue weighted by Crippen LogP contribution is 2.38. The number of hydrogen-bond donors (Lipinski definition) is 1. The van der Waals surface area contributed by atoms with Crippen LogP contribution in [0.5, 0.6) is 17.2 Å². The van der Waals surface area contributed by atoms with Gasteiger partial charge in [-0.25, -0.2) is 0 Å². The number of methoxy groups -OCH3 is 2. The van der Waals surface area contributed by atoms with Crippen molar-refractivity contribution in [2.75, 3.05) is 34.0 Å². The molecule has 21 heavy (non-hydrogen) atoms. The van der Waals surface area contributed by atoms with Crippen LogP contribution in [0.2, 0.25) is 0 Å². The van der Waals surface area contributed by atoms with Crippen molar-refractivity contribution in [3.63, 3.8) is 0 Å². The molecule has 0 aliphatic heterocycles. The summed E-state index contributed by atoms with van der Waals surface area (Å²) in [5, 5.41) is 0. The second-order valence-corrected chi connectivity index (χ2v) is 4.01. The molecule has 2 N–H and O–H groups in total. The molecule has 0 aromatic heterocycles. The van der Waals surface area contributed by atoms with Gasteiger partial charge in [-0.1, -0.05) is 0 Å². The fourth-order valence-corrected chi connectivity index (χ4v) is 1.69. The molecule has 0 fully saturated rings. The predicted molar refractivity (Wildman–Crippen MR) is 69.8 cm³/mol. The lowest BCUT2D eigenvalue weighted by atomic mass is 10.1. The van der Waals surface area contributed by atoms with Crippen LogP contribution in [-0.2, 0) is 11.2 Å². The number of ether oxygens (including phenoxy) is 4. The number of benzene rings is 1. The molecule has 1 rings (SSSR count). The van der Waals surface area contributed by atoms with Crippen molar-refractivity contribution in [3.8, 4) is 17.2 Å². The molecule has 0 heterocycles. The topological polar surface area (TPSA) is 62.9 Å². The quantitative estimate of drug-likeness (QED) is 0.745. The first kappa shape index (κ1) is 17.4. The maximum absolute atomic E-state index is 11.9. The number of halogens is 3. The lowest BCUT2D eigenvalue weighted by Gasteiger charge is -2.16. The van der Waals surface area contributed by atoms with Crippen LogP contribution in [0, 0.1) is 0 Å². The summed E-state index contributed by atoms with van der Waals surface area (Å²) < 4.78 is 54.9. The van der Waals surface area contributed by atoms with E-state index in [2.05, 4.69) is 4.74 Å². The van der Waals surface area contributed by atoms with Gasteiger partial charge in [-0.3, -0.25) is 4.74 Å². The molecule has 0 aliphatic carbocycles. The van der Waals surface area contributed by atoms with Crippen molar-refractivity contribution >= 4 is 0 Å². The van der Waals surface area contributed by atoms with Crippen LogP contribution in [0.1, 0.15) is 5.56 Å². The van der Waals surface area contributed by atoms with Crippen LogP contribution in [-0.4, -0.2) is 40.3 Å². The smallest absolute Gasteiger partial charge is 0.493 e. The minimum absolute atomic E-state index is 0.228. The van der Waals surface area contributed by atoms with Gasteiger partial charge in [0, 0.05) is 0 Å². The van der Waals surface area contributed by atoms with Crippen LogP contribution < -0.4 is 19.9 Å². The minimum atomic E-state index is -4.68. The van der Waals surface area contributed by atoms with Crippen molar-refractivity contribution in [2.45, 2.75) is 12.8 Å². The van der Waals surface area contributed by atoms with E-state index < -0.39 is 13.0 Å². The normalized spacial score (nSPS) is 11.3. The molecule has 120 valence electrons. The fourth-order valence-electron chi connectivity index (χ4n) is 1.69. The van der Waals surface area contributed by atoms with Crippen LogP contribution in [0.3, 0.4) is 0 Å². The molecule has 1 aromatic rings. The summed E-state index contributed by atoms with van der Waals surface area (Å²) in [5.74, 6) is 0.959. The van der Waals surface area contributed by atoms with Gasteiger partial charge in [-0.15, -0.1) is 13.2 Å². The van der Waals surface area contributed by atoms with E-state index in [0.29, 0.717) is 24.5 Å². The number of hydrogen-bond acceptors (Lipinski definition) is 5. The summed E-state index contributed by atoms with van der Waals surface area (Å²) in [6.45, 7) is -0.464. The lowest BCUT2D eigenvalue weighted by molar-refractivity contribution is -0.325. The zero-order valence-corrected chi connectivity index (χ0v) is 11.8. The van der Waals surface area contributed by atoms with Gasteiger partial charge in [-0.05, 0) is 30.7 Å². The third-order valence-corrected chi connectivity index (χ3v) is 2.55. The zero-order valence-electron chi connectivity index (χ0n) is 11.8. The summed E-state index contributed by atoms with van der Waals surface area (Å²) >= 11 is 0. The maximum Gasteiger partial charge on any atom is 0.522 e. The molecule has 0 radical (unpaired) electrons. The summed E-state index contributed by atoms with van der Waals surface area (Å²) in [6.07, 6.45) is -4.06. The van der Waals surface area contributed by atoms with Gasteiger partial charge in [0.2, 0.25) is 5.75 Å². The van der Waals surface area contributed by atoms with Gasteiger partial charge in [0.05, 0.1) is 20.8 Å². The lowest BCUT2D eigenvalue weighted by Crippen LogP contribution is -2.18. The summed E-state index contributed by atoms with van der Waals surface area (Å²) in [7, 11) is 2.86. The van der Waals surface area contributed by atoms with E-state index in [1.165, 1.54) is 14.2 Å². The third-order valence-electron chi connectivity index (χ3n) is 2.55. The molecule has 0 unspecified atom stereocenters. The largest absolute Gasteiger partial charge is 0.522 e. The molecular weight excluding hydrogens is 291 g/mol. The summed E-state index contributed by atoms with van der Waals surface area (Å²) in [5.41, 5.74) is 6.36. The minimum Gasteiger partial charge on any atom is -0.493 e. The van der Waals surface area contributed by atoms with Crippen LogP contribution in [0.25, 0.3) is 0 Å². The van der Waals surface area contributed by atoms with E-state index in [4.69, 9.17) is 19.9 Å². The first-order chi connectivity index (χ1) is 9.91. The Morgan fingerprint density at radius 3 is 2.05 bits per heavy atom. The van der Waals surface area contributed by atoms with Crippen molar-refractivity contribution in [2.24, 2.45) is 5.73 Å². The van der Waals surface area contributed by atoms with Gasteiger partial charge in [0.1, 0.15) is 6.61 Å². The van der Waals surface area contributed by atoms with Gasteiger partial charge in [0.25, 0.3) is 0 Å². The van der Waals surface area contributed by atoms with Crippen LogP contribution in [0.15, 0.2) is 12.1 Å². The second kappa shape index (κ2) is 7.94. The Morgan fingerprint density at radius 1 is 1.05 bits per heavy atom. The Balaban J connectivity index is 2.79. The first-order valence-corrected chi connectivity index (χ1v) is 6.19. The average molecular weight is 309 g/mol. The monoisotopic (exact) mass is 309 g/mol. The maximum atomic E-state index is 11.9. The van der Waals surface area contributed by atoms with Crippen LogP contribution >= 0.6 is 0 Å². The third kappa shape index (κ3) is 5.68. The van der Waals surface area contributed by atoms with Gasteiger partial charge < -0.3 is 19.9 Å². The standard InChI is InChI=1S/C13H18F3NO4/c1-18-10-7-9(3-4-17)8-11(19-2)12(10)20-5-6-21-13(14,15)16/h7-8H,3-6,17H2,1-2H3. The Hall–Kier alpha value is -1.67. The zero-order chi connectivity index (χ0) is 15.9. The number of rotatable bonds is 8. The molecule has 0 bridgehead atoms. The Morgan fingerprint density at radius 2 is 1.62 bits per heavy atom. The van der Waals surface area contributed by atoms with E-state index >= 15 is 0 Å². The highest BCUT2D eigenvalue weighted by molar-refractivity contribution is 5.54. The SMILES string of the molecule is COc1cc(CCN)cc(OC)c1OCCOC(F)(F)F. The molecular formula is C13H18F3NO4. The van der Waals surface area contributed by atoms with E-state index in [1.54, 1.807) is 12.1 Å². The molecule has 0 amide bonds. The highest BCUT2D eigenvalue weighted by Gasteiger charge is 2.28. The molecule has 0 aliphatic rings. The average Bonchev–Trinajstić information content (AvgIpc) is 2.43. The van der Waals surface area contributed by atoms with E-state index in [1.807, 2.05) is 0 Å². The molecule has 1 aromatic carbocycles. The van der Waals surface area contributed by atoms with E-state index in [-0.39, 0.29) is 12.4 Å². The second-order valence-electron chi connectivity index (χ2n) is 4.01. The van der Waals surface area contributed by atoms with Gasteiger partial charge in [0.15, 0.2) is 11.5 Å². The first-order valence-electron chi connectivity index (χ1n) is 6.19. The summed E-state index contributed by atoms with van der Waals surface area (Å²) in [6, 6.07) is 3.41.